The van der Waals surface area contributed by atoms with Gasteiger partial charge in [0.15, 0.2) is 0 Å². The lowest BCUT2D eigenvalue weighted by Gasteiger charge is -2.34. The van der Waals surface area contributed by atoms with Crippen LogP contribution in [0.1, 0.15) is 29.8 Å². The van der Waals surface area contributed by atoms with E-state index in [0.29, 0.717) is 5.41 Å². The van der Waals surface area contributed by atoms with Crippen molar-refractivity contribution in [2.24, 2.45) is 5.41 Å². The molecule has 1 saturated heterocycles. The predicted molar refractivity (Wildman–Crippen MR) is 105 cm³/mol. The van der Waals surface area contributed by atoms with Gasteiger partial charge in [-0.1, -0.05) is 12.1 Å². The largest absolute Gasteiger partial charge is 0.299 e. The molecule has 0 radical (unpaired) electrons. The van der Waals surface area contributed by atoms with E-state index in [1.54, 1.807) is 11.3 Å². The number of likely N-dealkylation sites (tertiary alicyclic amines) is 1. The Morgan fingerprint density at radius 3 is 3.04 bits per heavy atom. The molecule has 3 heterocycles. The van der Waals surface area contributed by atoms with Crippen molar-refractivity contribution in [3.63, 3.8) is 0 Å². The maximum Gasteiger partial charge on any atom is 0.107 e. The summed E-state index contributed by atoms with van der Waals surface area (Å²) >= 11 is 1.77. The average Bonchev–Trinajstić information content (AvgIpc) is 3.02. The molecule has 1 aliphatic heterocycles. The molecule has 2 aliphatic rings. The Hall–Kier alpha value is -1.76. The summed E-state index contributed by atoms with van der Waals surface area (Å²) in [5.41, 5.74) is 3.09. The highest BCUT2D eigenvalue weighted by atomic mass is 32.1. The average molecular weight is 368 g/mol. The molecule has 136 valence electrons. The Morgan fingerprint density at radius 1 is 1.35 bits per heavy atom. The van der Waals surface area contributed by atoms with Gasteiger partial charge in [0, 0.05) is 29.5 Å². The predicted octanol–water partition coefficient (Wildman–Crippen LogP) is 3.51. The highest BCUT2D eigenvalue weighted by molar-refractivity contribution is 7.09. The minimum atomic E-state index is 0.565. The number of nitrogens with zero attached hydrogens (tertiary/aromatic N) is 4. The normalized spacial score (nSPS) is 22.5. The van der Waals surface area contributed by atoms with E-state index in [1.165, 1.54) is 48.3 Å². The van der Waals surface area contributed by atoms with Crippen LogP contribution >= 0.6 is 11.3 Å². The summed E-state index contributed by atoms with van der Waals surface area (Å²) in [6.45, 7) is 4.47. The highest BCUT2D eigenvalue weighted by Crippen LogP contribution is 2.56. The lowest BCUT2D eigenvalue weighted by atomic mass is 9.92. The number of thiazole rings is 1. The molecule has 0 amide bonds. The number of benzene rings is 1. The first-order valence-corrected chi connectivity index (χ1v) is 10.3. The van der Waals surface area contributed by atoms with E-state index in [9.17, 15) is 0 Å². The van der Waals surface area contributed by atoms with Crippen LogP contribution in [0.2, 0.25) is 0 Å². The van der Waals surface area contributed by atoms with Crippen LogP contribution in [-0.4, -0.2) is 51.2 Å². The Labute approximate surface area is 158 Å². The zero-order valence-corrected chi connectivity index (χ0v) is 16.0. The van der Waals surface area contributed by atoms with E-state index in [4.69, 9.17) is 0 Å². The second-order valence-electron chi connectivity index (χ2n) is 7.99. The second-order valence-corrected chi connectivity index (χ2v) is 8.97. The van der Waals surface area contributed by atoms with Crippen molar-refractivity contribution in [2.45, 2.75) is 38.4 Å². The smallest absolute Gasteiger partial charge is 0.107 e. The SMILES string of the molecule is CN(Cc1nccs1)C1CC12CCN(Cc1ccc3cn[nH]c3c1)CC2. The van der Waals surface area contributed by atoms with Gasteiger partial charge in [0.1, 0.15) is 5.01 Å². The molecule has 0 bridgehead atoms. The van der Waals surface area contributed by atoms with Crippen LogP contribution in [0.25, 0.3) is 10.9 Å². The van der Waals surface area contributed by atoms with Crippen LogP contribution in [0, 0.1) is 5.41 Å². The Bertz CT molecular complexity index is 879. The van der Waals surface area contributed by atoms with E-state index in [2.05, 4.69) is 55.6 Å². The van der Waals surface area contributed by atoms with Crippen molar-refractivity contribution in [1.29, 1.82) is 0 Å². The number of fused-ring (bicyclic) bond motifs is 1. The van der Waals surface area contributed by atoms with Crippen molar-refractivity contribution in [1.82, 2.24) is 25.0 Å². The molecule has 1 unspecified atom stereocenters. The van der Waals surface area contributed by atoms with Gasteiger partial charge in [0.05, 0.1) is 18.3 Å². The minimum absolute atomic E-state index is 0.565. The molecule has 5 nitrogen and oxygen atoms in total. The molecule has 1 aliphatic carbocycles. The molecular formula is C20H25N5S. The van der Waals surface area contributed by atoms with E-state index < -0.39 is 0 Å². The monoisotopic (exact) mass is 367 g/mol. The molecule has 1 atom stereocenters. The van der Waals surface area contributed by atoms with Crippen LogP contribution in [0.5, 0.6) is 0 Å². The van der Waals surface area contributed by atoms with Crippen molar-refractivity contribution in [3.8, 4) is 0 Å². The fourth-order valence-corrected chi connectivity index (χ4v) is 5.32. The fourth-order valence-electron chi connectivity index (χ4n) is 4.64. The second kappa shape index (κ2) is 6.44. The number of aromatic nitrogens is 3. The summed E-state index contributed by atoms with van der Waals surface area (Å²) in [7, 11) is 2.27. The standard InChI is InChI=1S/C20H25N5S/c1-24(14-19-21-6-9-26-19)18-11-20(18)4-7-25(8-5-20)13-15-2-3-16-12-22-23-17(16)10-15/h2-3,6,9-10,12,18H,4-5,7-8,11,13-14H2,1H3,(H,22,23). The van der Waals surface area contributed by atoms with Crippen LogP contribution in [0.15, 0.2) is 36.0 Å². The number of aromatic amines is 1. The first-order chi connectivity index (χ1) is 12.7. The van der Waals surface area contributed by atoms with Gasteiger partial charge >= 0.3 is 0 Å². The third kappa shape index (κ3) is 3.06. The van der Waals surface area contributed by atoms with Gasteiger partial charge in [-0.25, -0.2) is 4.98 Å². The summed E-state index contributed by atoms with van der Waals surface area (Å²) in [6, 6.07) is 7.40. The van der Waals surface area contributed by atoms with Gasteiger partial charge in [-0.3, -0.25) is 14.9 Å². The summed E-state index contributed by atoms with van der Waals surface area (Å²) in [5, 5.41) is 11.7. The first-order valence-electron chi connectivity index (χ1n) is 9.45. The molecule has 2 aromatic heterocycles. The lowest BCUT2D eigenvalue weighted by Crippen LogP contribution is -2.37. The van der Waals surface area contributed by atoms with Crippen molar-refractivity contribution < 1.29 is 0 Å². The number of hydrogen-bond acceptors (Lipinski definition) is 5. The van der Waals surface area contributed by atoms with E-state index >= 15 is 0 Å². The van der Waals surface area contributed by atoms with Crippen LogP contribution in [0.3, 0.4) is 0 Å². The van der Waals surface area contributed by atoms with E-state index in [0.717, 1.165) is 24.6 Å². The van der Waals surface area contributed by atoms with Crippen LogP contribution in [0.4, 0.5) is 0 Å². The highest BCUT2D eigenvalue weighted by Gasteiger charge is 2.56. The molecule has 1 spiro atoms. The number of nitrogens with one attached hydrogen (secondary N) is 1. The van der Waals surface area contributed by atoms with E-state index in [1.807, 2.05) is 12.4 Å². The van der Waals surface area contributed by atoms with Gasteiger partial charge in [0.25, 0.3) is 0 Å². The summed E-state index contributed by atoms with van der Waals surface area (Å²) in [6.07, 6.45) is 7.82. The molecular weight excluding hydrogens is 342 g/mol. The van der Waals surface area contributed by atoms with E-state index in [-0.39, 0.29) is 0 Å². The van der Waals surface area contributed by atoms with Gasteiger partial charge in [-0.05, 0) is 56.4 Å². The minimum Gasteiger partial charge on any atom is -0.299 e. The molecule has 26 heavy (non-hydrogen) atoms. The van der Waals surface area contributed by atoms with Gasteiger partial charge in [-0.2, -0.15) is 5.10 Å². The van der Waals surface area contributed by atoms with Crippen LogP contribution in [-0.2, 0) is 13.1 Å². The first kappa shape index (κ1) is 16.4. The molecule has 5 rings (SSSR count). The number of rotatable bonds is 5. The third-order valence-electron chi connectivity index (χ3n) is 6.31. The van der Waals surface area contributed by atoms with Crippen molar-refractivity contribution in [2.75, 3.05) is 20.1 Å². The zero-order valence-electron chi connectivity index (χ0n) is 15.2. The lowest BCUT2D eigenvalue weighted by molar-refractivity contribution is 0.139. The molecule has 1 aromatic carbocycles. The summed E-state index contributed by atoms with van der Waals surface area (Å²) < 4.78 is 0. The van der Waals surface area contributed by atoms with Gasteiger partial charge in [0.2, 0.25) is 0 Å². The fraction of sp³-hybridized carbons (Fsp3) is 0.500. The zero-order chi connectivity index (χ0) is 17.6. The Balaban J connectivity index is 1.16. The van der Waals surface area contributed by atoms with Crippen LogP contribution < -0.4 is 0 Å². The molecule has 6 heteroatoms. The van der Waals surface area contributed by atoms with Crippen molar-refractivity contribution in [3.05, 3.63) is 46.5 Å². The molecule has 2 fully saturated rings. The van der Waals surface area contributed by atoms with Crippen molar-refractivity contribution >= 4 is 22.2 Å². The molecule has 1 N–H and O–H groups in total. The summed E-state index contributed by atoms with van der Waals surface area (Å²) in [4.78, 5) is 9.58. The molecule has 1 saturated carbocycles. The summed E-state index contributed by atoms with van der Waals surface area (Å²) in [5.74, 6) is 0. The third-order valence-corrected chi connectivity index (χ3v) is 7.08. The van der Waals surface area contributed by atoms with Gasteiger partial charge < -0.3 is 0 Å². The number of hydrogen-bond donors (Lipinski definition) is 1. The number of H-pyrrole nitrogens is 1. The Morgan fingerprint density at radius 2 is 2.23 bits per heavy atom. The Kier molecular flexibility index (Phi) is 4.07. The molecule has 3 aromatic rings. The quantitative estimate of drug-likeness (QED) is 0.750. The maximum atomic E-state index is 4.44. The topological polar surface area (TPSA) is 48.1 Å². The maximum absolute atomic E-state index is 4.44. The van der Waals surface area contributed by atoms with Gasteiger partial charge in [-0.15, -0.1) is 11.3 Å². The number of piperidine rings is 1.